The molecule has 0 bridgehead atoms. The van der Waals surface area contributed by atoms with Crippen molar-refractivity contribution in [3.05, 3.63) is 40.0 Å². The number of anilines is 1. The van der Waals surface area contributed by atoms with Crippen LogP contribution in [0.2, 0.25) is 10.0 Å². The monoisotopic (exact) mass is 355 g/mol. The Bertz CT molecular complexity index is 610. The van der Waals surface area contributed by atoms with Gasteiger partial charge in [0.2, 0.25) is 0 Å². The first-order valence-corrected chi connectivity index (χ1v) is 7.91. The van der Waals surface area contributed by atoms with E-state index in [1.807, 2.05) is 19.9 Å². The summed E-state index contributed by atoms with van der Waals surface area (Å²) in [6, 6.07) is 6.54. The number of carbonyl (C=O) groups excluding carboxylic acids is 1. The summed E-state index contributed by atoms with van der Waals surface area (Å²) in [5, 5.41) is 15.3. The molecule has 0 aliphatic rings. The highest BCUT2D eigenvalue weighted by Gasteiger charge is 2.11. The largest absolute Gasteiger partial charge is 0.390 e. The summed E-state index contributed by atoms with van der Waals surface area (Å²) in [7, 11) is 0. The van der Waals surface area contributed by atoms with Crippen LogP contribution in [0.5, 0.6) is 0 Å². The molecule has 5 nitrogen and oxygen atoms in total. The van der Waals surface area contributed by atoms with Crippen LogP contribution in [0.1, 0.15) is 20.3 Å². The van der Waals surface area contributed by atoms with E-state index < -0.39 is 5.91 Å². The third-order valence-electron chi connectivity index (χ3n) is 2.71. The first-order valence-electron chi connectivity index (χ1n) is 7.15. The second-order valence-electron chi connectivity index (χ2n) is 4.98. The van der Waals surface area contributed by atoms with E-state index in [-0.39, 0.29) is 11.7 Å². The first-order chi connectivity index (χ1) is 10.9. The van der Waals surface area contributed by atoms with Crippen LogP contribution in [0.25, 0.3) is 0 Å². The highest BCUT2D eigenvalue weighted by molar-refractivity contribution is 6.36. The molecule has 7 heteroatoms. The topological polar surface area (TPSA) is 74.1 Å². The average Bonchev–Trinajstić information content (AvgIpc) is 2.49. The molecule has 0 aliphatic carbocycles. The third-order valence-corrected chi connectivity index (χ3v) is 3.26. The molecule has 0 aromatic heterocycles. The van der Waals surface area contributed by atoms with Gasteiger partial charge < -0.3 is 15.4 Å². The number of rotatable bonds is 8. The number of nitrogens with zero attached hydrogens (tertiary/aromatic N) is 1. The second kappa shape index (κ2) is 10.1. The molecule has 0 radical (unpaired) electrons. The van der Waals surface area contributed by atoms with Gasteiger partial charge in [0.05, 0.1) is 16.8 Å². The molecule has 1 aromatic rings. The summed E-state index contributed by atoms with van der Waals surface area (Å²) < 4.78 is 5.39. The number of hydrogen-bond acceptors (Lipinski definition) is 4. The van der Waals surface area contributed by atoms with Crippen molar-refractivity contribution in [2.24, 2.45) is 0 Å². The number of hydrogen-bond donors (Lipinski definition) is 2. The van der Waals surface area contributed by atoms with E-state index in [1.165, 1.54) is 12.3 Å². The van der Waals surface area contributed by atoms with Crippen molar-refractivity contribution >= 4 is 34.8 Å². The van der Waals surface area contributed by atoms with Crippen molar-refractivity contribution in [3.63, 3.8) is 0 Å². The summed E-state index contributed by atoms with van der Waals surface area (Å²) >= 11 is 11.8. The third kappa shape index (κ3) is 7.38. The molecular weight excluding hydrogens is 337 g/mol. The Morgan fingerprint density at radius 3 is 2.78 bits per heavy atom. The molecule has 1 aromatic carbocycles. The van der Waals surface area contributed by atoms with Crippen LogP contribution < -0.4 is 10.6 Å². The van der Waals surface area contributed by atoms with Crippen LogP contribution >= 0.6 is 23.2 Å². The van der Waals surface area contributed by atoms with Gasteiger partial charge in [0, 0.05) is 24.4 Å². The number of nitrogens with one attached hydrogen (secondary N) is 2. The fourth-order valence-electron chi connectivity index (χ4n) is 1.60. The number of benzene rings is 1. The molecule has 0 heterocycles. The maximum Gasteiger partial charge on any atom is 0.267 e. The highest BCUT2D eigenvalue weighted by Crippen LogP contribution is 2.25. The van der Waals surface area contributed by atoms with Gasteiger partial charge in [0.1, 0.15) is 11.6 Å². The summed E-state index contributed by atoms with van der Waals surface area (Å²) in [5.41, 5.74) is 0.355. The normalized spacial score (nSPS) is 11.2. The summed E-state index contributed by atoms with van der Waals surface area (Å²) in [4.78, 5) is 12.0. The zero-order valence-electron chi connectivity index (χ0n) is 13.0. The minimum Gasteiger partial charge on any atom is -0.390 e. The van der Waals surface area contributed by atoms with E-state index in [4.69, 9.17) is 33.2 Å². The minimum absolute atomic E-state index is 0.0409. The fourth-order valence-corrected chi connectivity index (χ4v) is 2.05. The highest BCUT2D eigenvalue weighted by atomic mass is 35.5. The van der Waals surface area contributed by atoms with Gasteiger partial charge >= 0.3 is 0 Å². The number of ether oxygens (including phenoxy) is 1. The molecular formula is C16H19Cl2N3O2. The molecule has 1 amide bonds. The van der Waals surface area contributed by atoms with E-state index in [2.05, 4.69) is 10.6 Å². The maximum absolute atomic E-state index is 12.0. The summed E-state index contributed by atoms with van der Waals surface area (Å²) in [5.74, 6) is -0.539. The van der Waals surface area contributed by atoms with Gasteiger partial charge in [0.25, 0.3) is 5.91 Å². The summed E-state index contributed by atoms with van der Waals surface area (Å²) in [6.07, 6.45) is 2.35. The van der Waals surface area contributed by atoms with Crippen molar-refractivity contribution in [3.8, 4) is 6.07 Å². The first kappa shape index (κ1) is 19.3. The van der Waals surface area contributed by atoms with Crippen molar-refractivity contribution in [2.75, 3.05) is 18.5 Å². The van der Waals surface area contributed by atoms with Crippen molar-refractivity contribution in [1.82, 2.24) is 5.32 Å². The Morgan fingerprint density at radius 2 is 2.17 bits per heavy atom. The van der Waals surface area contributed by atoms with Crippen LogP contribution in [0.4, 0.5) is 5.69 Å². The maximum atomic E-state index is 12.0. The molecule has 0 saturated carbocycles. The number of halogens is 2. The van der Waals surface area contributed by atoms with Gasteiger partial charge in [-0.15, -0.1) is 0 Å². The smallest absolute Gasteiger partial charge is 0.267 e. The van der Waals surface area contributed by atoms with Crippen molar-refractivity contribution in [1.29, 1.82) is 5.26 Å². The molecule has 0 saturated heterocycles. The quantitative estimate of drug-likeness (QED) is 0.423. The molecule has 0 atom stereocenters. The molecule has 23 heavy (non-hydrogen) atoms. The number of nitriles is 1. The zero-order chi connectivity index (χ0) is 17.2. The van der Waals surface area contributed by atoms with Crippen LogP contribution in [0, 0.1) is 11.3 Å². The SMILES string of the molecule is CC(C)OCCCN/C=C(/C#N)C(=O)Nc1ccc(Cl)cc1Cl. The zero-order valence-corrected chi connectivity index (χ0v) is 14.5. The molecule has 0 spiro atoms. The van der Waals surface area contributed by atoms with Crippen molar-refractivity contribution < 1.29 is 9.53 Å². The second-order valence-corrected chi connectivity index (χ2v) is 5.82. The predicted molar refractivity (Wildman–Crippen MR) is 92.5 cm³/mol. The van der Waals surface area contributed by atoms with E-state index >= 15 is 0 Å². The fraction of sp³-hybridized carbons (Fsp3) is 0.375. The lowest BCUT2D eigenvalue weighted by molar-refractivity contribution is -0.112. The van der Waals surface area contributed by atoms with Gasteiger partial charge in [-0.3, -0.25) is 4.79 Å². The van der Waals surface area contributed by atoms with Crippen molar-refractivity contribution in [2.45, 2.75) is 26.4 Å². The van der Waals surface area contributed by atoms with E-state index in [9.17, 15) is 4.79 Å². The average molecular weight is 356 g/mol. The molecule has 1 rings (SSSR count). The number of amides is 1. The minimum atomic E-state index is -0.539. The Morgan fingerprint density at radius 1 is 1.43 bits per heavy atom. The molecule has 0 unspecified atom stereocenters. The van der Waals surface area contributed by atoms with E-state index in [1.54, 1.807) is 12.1 Å². The van der Waals surface area contributed by atoms with Crippen LogP contribution in [-0.4, -0.2) is 25.2 Å². The van der Waals surface area contributed by atoms with Gasteiger partial charge in [-0.25, -0.2) is 0 Å². The number of carbonyl (C=O) groups is 1. The standard InChI is InChI=1S/C16H19Cl2N3O2/c1-11(2)23-7-3-6-20-10-12(9-19)16(22)21-15-5-4-13(17)8-14(15)18/h4-5,8,10-11,20H,3,6-7H2,1-2H3,(H,21,22)/b12-10-. The Kier molecular flexibility index (Phi) is 8.49. The lowest BCUT2D eigenvalue weighted by Gasteiger charge is -2.08. The van der Waals surface area contributed by atoms with E-state index in [0.29, 0.717) is 28.9 Å². The van der Waals surface area contributed by atoms with Gasteiger partial charge in [-0.2, -0.15) is 5.26 Å². The van der Waals surface area contributed by atoms with Gasteiger partial charge in [-0.05, 0) is 38.5 Å². The van der Waals surface area contributed by atoms with Gasteiger partial charge in [0.15, 0.2) is 0 Å². The van der Waals surface area contributed by atoms with Crippen LogP contribution in [0.3, 0.4) is 0 Å². The lowest BCUT2D eigenvalue weighted by Crippen LogP contribution is -2.18. The molecule has 124 valence electrons. The summed E-state index contributed by atoms with van der Waals surface area (Å²) in [6.45, 7) is 5.15. The molecule has 0 fully saturated rings. The van der Waals surface area contributed by atoms with Crippen LogP contribution in [0.15, 0.2) is 30.0 Å². The Labute approximate surface area is 146 Å². The Hall–Kier alpha value is -1.74. The molecule has 2 N–H and O–H groups in total. The van der Waals surface area contributed by atoms with E-state index in [0.717, 1.165) is 6.42 Å². The lowest BCUT2D eigenvalue weighted by atomic mass is 10.2. The Balaban J connectivity index is 2.51. The predicted octanol–water partition coefficient (Wildman–Crippen LogP) is 3.74. The van der Waals surface area contributed by atoms with Crippen LogP contribution in [-0.2, 0) is 9.53 Å². The van der Waals surface area contributed by atoms with Gasteiger partial charge in [-0.1, -0.05) is 23.2 Å². The molecule has 0 aliphatic heterocycles.